The number of amides is 2. The Bertz CT molecular complexity index is 914. The van der Waals surface area contributed by atoms with E-state index < -0.39 is 4.92 Å². The van der Waals surface area contributed by atoms with Crippen LogP contribution in [0, 0.1) is 10.1 Å². The van der Waals surface area contributed by atoms with Crippen LogP contribution in [-0.4, -0.2) is 29.3 Å². The maximum atomic E-state index is 12.2. The number of rotatable bonds is 5. The number of anilines is 1. The van der Waals surface area contributed by atoms with Crippen LogP contribution in [-0.2, 0) is 9.59 Å². The van der Waals surface area contributed by atoms with E-state index in [-0.39, 0.29) is 35.0 Å². The number of benzene rings is 2. The molecule has 3 rings (SSSR count). The second-order valence-corrected chi connectivity index (χ2v) is 6.46. The van der Waals surface area contributed by atoms with Crippen molar-refractivity contribution in [3.63, 3.8) is 0 Å². The number of hydrogen-bond acceptors (Lipinski definition) is 4. The fourth-order valence-electron chi connectivity index (χ4n) is 2.86. The first-order valence-electron chi connectivity index (χ1n) is 8.22. The lowest BCUT2D eigenvalue weighted by Crippen LogP contribution is -2.36. The topological polar surface area (TPSA) is 92.5 Å². The number of carbonyl (C=O) groups is 2. The highest BCUT2D eigenvalue weighted by Gasteiger charge is 2.31. The van der Waals surface area contributed by atoms with Crippen LogP contribution in [0.15, 0.2) is 54.6 Å². The molecule has 1 unspecified atom stereocenters. The Hall–Kier alpha value is -3.19. The van der Waals surface area contributed by atoms with Crippen molar-refractivity contribution in [2.24, 2.45) is 0 Å². The lowest BCUT2D eigenvalue weighted by Gasteiger charge is -2.16. The quantitative estimate of drug-likeness (QED) is 0.486. The molecule has 27 heavy (non-hydrogen) atoms. The molecular formula is C19H16ClN3O4. The summed E-state index contributed by atoms with van der Waals surface area (Å²) in [6.07, 6.45) is 2.97. The second kappa shape index (κ2) is 8.01. The van der Waals surface area contributed by atoms with Gasteiger partial charge in [0, 0.05) is 30.8 Å². The van der Waals surface area contributed by atoms with Crippen LogP contribution in [0.25, 0.3) is 6.08 Å². The van der Waals surface area contributed by atoms with Gasteiger partial charge in [-0.05, 0) is 29.8 Å². The van der Waals surface area contributed by atoms with Crippen LogP contribution in [0.2, 0.25) is 5.02 Å². The molecule has 1 fully saturated rings. The van der Waals surface area contributed by atoms with E-state index in [2.05, 4.69) is 5.32 Å². The van der Waals surface area contributed by atoms with Crippen molar-refractivity contribution in [1.82, 2.24) is 5.32 Å². The number of nitro benzene ring substituents is 1. The largest absolute Gasteiger partial charge is 0.347 e. The first-order chi connectivity index (χ1) is 12.9. The van der Waals surface area contributed by atoms with Gasteiger partial charge in [-0.2, -0.15) is 0 Å². The molecule has 0 aliphatic carbocycles. The Morgan fingerprint density at radius 1 is 1.26 bits per heavy atom. The normalized spacial score (nSPS) is 16.7. The number of nitrogens with zero attached hydrogens (tertiary/aromatic N) is 2. The summed E-state index contributed by atoms with van der Waals surface area (Å²) in [5.74, 6) is -0.427. The van der Waals surface area contributed by atoms with Crippen molar-refractivity contribution in [2.45, 2.75) is 12.5 Å². The number of para-hydroxylation sites is 1. The third-order valence-electron chi connectivity index (χ3n) is 4.13. The predicted molar refractivity (Wildman–Crippen MR) is 102 cm³/mol. The van der Waals surface area contributed by atoms with Crippen molar-refractivity contribution >= 4 is 40.9 Å². The van der Waals surface area contributed by atoms with Crippen molar-refractivity contribution in [2.75, 3.05) is 11.4 Å². The average Bonchev–Trinajstić information content (AvgIpc) is 3.01. The lowest BCUT2D eigenvalue weighted by atomic mass is 10.2. The lowest BCUT2D eigenvalue weighted by molar-refractivity contribution is -0.384. The summed E-state index contributed by atoms with van der Waals surface area (Å²) in [6, 6.07) is 13.2. The molecular weight excluding hydrogens is 370 g/mol. The van der Waals surface area contributed by atoms with Crippen molar-refractivity contribution in [3.05, 3.63) is 75.3 Å². The van der Waals surface area contributed by atoms with Gasteiger partial charge in [-0.25, -0.2) is 0 Å². The van der Waals surface area contributed by atoms with E-state index in [1.54, 1.807) is 11.0 Å². The molecule has 1 aliphatic heterocycles. The molecule has 2 amide bonds. The van der Waals surface area contributed by atoms with Crippen LogP contribution in [0.5, 0.6) is 0 Å². The van der Waals surface area contributed by atoms with E-state index in [1.165, 1.54) is 24.3 Å². The highest BCUT2D eigenvalue weighted by atomic mass is 35.5. The molecule has 1 aliphatic rings. The second-order valence-electron chi connectivity index (χ2n) is 6.05. The molecule has 1 N–H and O–H groups in total. The molecule has 138 valence electrons. The van der Waals surface area contributed by atoms with Gasteiger partial charge < -0.3 is 10.2 Å². The standard InChI is InChI=1S/C19H16ClN3O4/c20-16-8-6-13(10-17(16)23(26)27)7-9-18(24)21-14-11-19(25)22(12-14)15-4-2-1-3-5-15/h1-10,14H,11-12H2,(H,21,24). The SMILES string of the molecule is O=C(C=Cc1ccc(Cl)c([N+](=O)[O-])c1)NC1CC(=O)N(c2ccccc2)C1. The molecule has 2 aromatic carbocycles. The summed E-state index contributed by atoms with van der Waals surface area (Å²) < 4.78 is 0. The number of halogens is 1. The van der Waals surface area contributed by atoms with Gasteiger partial charge in [0.05, 0.1) is 11.0 Å². The van der Waals surface area contributed by atoms with Gasteiger partial charge in [-0.1, -0.05) is 35.9 Å². The van der Waals surface area contributed by atoms with Gasteiger partial charge in [-0.3, -0.25) is 19.7 Å². The Morgan fingerprint density at radius 2 is 2.00 bits per heavy atom. The minimum absolute atomic E-state index is 0.0343. The molecule has 0 aromatic heterocycles. The zero-order valence-electron chi connectivity index (χ0n) is 14.2. The summed E-state index contributed by atoms with van der Waals surface area (Å²) >= 11 is 5.76. The number of nitro groups is 1. The molecule has 8 heteroatoms. The molecule has 0 saturated carbocycles. The van der Waals surface area contributed by atoms with Crippen molar-refractivity contribution < 1.29 is 14.5 Å². The number of nitrogens with one attached hydrogen (secondary N) is 1. The summed E-state index contributed by atoms with van der Waals surface area (Å²) in [6.45, 7) is 0.398. The van der Waals surface area contributed by atoms with Gasteiger partial charge in [-0.15, -0.1) is 0 Å². The van der Waals surface area contributed by atoms with E-state index >= 15 is 0 Å². The summed E-state index contributed by atoms with van der Waals surface area (Å²) in [4.78, 5) is 36.2. The zero-order chi connectivity index (χ0) is 19.4. The minimum atomic E-state index is -0.581. The molecule has 2 aromatic rings. The Balaban J connectivity index is 1.61. The summed E-state index contributed by atoms with van der Waals surface area (Å²) in [5, 5.41) is 13.7. The van der Waals surface area contributed by atoms with E-state index in [0.717, 1.165) is 5.69 Å². The number of hydrogen-bond donors (Lipinski definition) is 1. The van der Waals surface area contributed by atoms with E-state index in [9.17, 15) is 19.7 Å². The predicted octanol–water partition coefficient (Wildman–Crippen LogP) is 3.18. The monoisotopic (exact) mass is 385 g/mol. The molecule has 0 bridgehead atoms. The third kappa shape index (κ3) is 4.51. The highest BCUT2D eigenvalue weighted by molar-refractivity contribution is 6.32. The van der Waals surface area contributed by atoms with Crippen LogP contribution in [0.1, 0.15) is 12.0 Å². The smallest absolute Gasteiger partial charge is 0.288 e. The van der Waals surface area contributed by atoms with Gasteiger partial charge in [0.25, 0.3) is 5.69 Å². The summed E-state index contributed by atoms with van der Waals surface area (Å²) in [7, 11) is 0. The zero-order valence-corrected chi connectivity index (χ0v) is 14.9. The maximum absolute atomic E-state index is 12.2. The summed E-state index contributed by atoms with van der Waals surface area (Å²) in [5.41, 5.74) is 1.05. The maximum Gasteiger partial charge on any atom is 0.288 e. The molecule has 1 saturated heterocycles. The first kappa shape index (κ1) is 18.6. The highest BCUT2D eigenvalue weighted by Crippen LogP contribution is 2.25. The fraction of sp³-hybridized carbons (Fsp3) is 0.158. The third-order valence-corrected chi connectivity index (χ3v) is 4.45. The molecule has 1 atom stereocenters. The van der Waals surface area contributed by atoms with Crippen LogP contribution in [0.4, 0.5) is 11.4 Å². The van der Waals surface area contributed by atoms with Crippen LogP contribution >= 0.6 is 11.6 Å². The van der Waals surface area contributed by atoms with Crippen LogP contribution in [0.3, 0.4) is 0 Å². The molecule has 7 nitrogen and oxygen atoms in total. The molecule has 0 radical (unpaired) electrons. The fourth-order valence-corrected chi connectivity index (χ4v) is 3.04. The van der Waals surface area contributed by atoms with Gasteiger partial charge in [0.2, 0.25) is 11.8 Å². The van der Waals surface area contributed by atoms with Crippen molar-refractivity contribution in [3.8, 4) is 0 Å². The molecule has 1 heterocycles. The Labute approximate surface area is 160 Å². The van der Waals surface area contributed by atoms with E-state index in [1.807, 2.05) is 30.3 Å². The van der Waals surface area contributed by atoms with Crippen molar-refractivity contribution in [1.29, 1.82) is 0 Å². The molecule has 0 spiro atoms. The Morgan fingerprint density at radius 3 is 2.70 bits per heavy atom. The van der Waals surface area contributed by atoms with Gasteiger partial charge >= 0.3 is 0 Å². The van der Waals surface area contributed by atoms with Gasteiger partial charge in [0.1, 0.15) is 5.02 Å². The first-order valence-corrected chi connectivity index (χ1v) is 8.60. The van der Waals surface area contributed by atoms with E-state index in [0.29, 0.717) is 12.1 Å². The van der Waals surface area contributed by atoms with Crippen LogP contribution < -0.4 is 10.2 Å². The average molecular weight is 386 g/mol. The Kier molecular flexibility index (Phi) is 5.52. The van der Waals surface area contributed by atoms with Gasteiger partial charge in [0.15, 0.2) is 0 Å². The number of carbonyl (C=O) groups excluding carboxylic acids is 2. The minimum Gasteiger partial charge on any atom is -0.347 e. The van der Waals surface area contributed by atoms with E-state index in [4.69, 9.17) is 11.6 Å².